The quantitative estimate of drug-likeness (QED) is 0.469. The van der Waals surface area contributed by atoms with Gasteiger partial charge in [0.15, 0.2) is 0 Å². The Morgan fingerprint density at radius 2 is 2.67 bits per heavy atom. The number of carbonyl (C=O) groups excluding carboxylic acids is 1. The number of carbonyl (C=O) groups is 1. The van der Waals surface area contributed by atoms with Gasteiger partial charge in [0.05, 0.1) is 7.11 Å². The van der Waals surface area contributed by atoms with E-state index in [0.717, 1.165) is 0 Å². The third-order valence-corrected chi connectivity index (χ3v) is 0.859. The van der Waals surface area contributed by atoms with Gasteiger partial charge in [-0.25, -0.2) is 4.79 Å². The van der Waals surface area contributed by atoms with E-state index in [1.165, 1.54) is 13.4 Å². The van der Waals surface area contributed by atoms with Gasteiger partial charge in [-0.2, -0.15) is 0 Å². The lowest BCUT2D eigenvalue weighted by atomic mass is 10.6. The summed E-state index contributed by atoms with van der Waals surface area (Å²) in [5.41, 5.74) is 0. The van der Waals surface area contributed by atoms with Crippen LogP contribution in [0.5, 0.6) is 0 Å². The Bertz CT molecular complexity index is 149. The molecular formula is C5H6O4. The molecule has 4 heteroatoms. The van der Waals surface area contributed by atoms with Gasteiger partial charge >= 0.3 is 5.97 Å². The van der Waals surface area contributed by atoms with Gasteiger partial charge in [0.25, 0.3) is 0 Å². The Balaban J connectivity index is 2.51. The highest BCUT2D eigenvalue weighted by Crippen LogP contribution is 2.06. The molecule has 0 N–H and O–H groups in total. The second-order valence-corrected chi connectivity index (χ2v) is 1.40. The summed E-state index contributed by atoms with van der Waals surface area (Å²) < 4.78 is 13.6. The molecular weight excluding hydrogens is 124 g/mol. The van der Waals surface area contributed by atoms with E-state index in [2.05, 4.69) is 14.2 Å². The molecule has 1 rings (SSSR count). The van der Waals surface area contributed by atoms with Crippen molar-refractivity contribution in [1.29, 1.82) is 0 Å². The van der Waals surface area contributed by atoms with Crippen molar-refractivity contribution in [3.8, 4) is 0 Å². The number of hydrogen-bond donors (Lipinski definition) is 0. The Morgan fingerprint density at radius 1 is 1.89 bits per heavy atom. The van der Waals surface area contributed by atoms with Gasteiger partial charge in [0, 0.05) is 0 Å². The van der Waals surface area contributed by atoms with Crippen molar-refractivity contribution in [2.75, 3.05) is 13.9 Å². The molecule has 0 aromatic heterocycles. The third-order valence-electron chi connectivity index (χ3n) is 0.859. The van der Waals surface area contributed by atoms with Gasteiger partial charge in [-0.3, -0.25) is 0 Å². The molecule has 1 aliphatic heterocycles. The minimum atomic E-state index is -0.507. The van der Waals surface area contributed by atoms with Crippen molar-refractivity contribution >= 4 is 5.97 Å². The van der Waals surface area contributed by atoms with Crippen LogP contribution < -0.4 is 0 Å². The molecule has 0 fully saturated rings. The Labute approximate surface area is 52.0 Å². The van der Waals surface area contributed by atoms with Crippen LogP contribution in [0, 0.1) is 0 Å². The average Bonchev–Trinajstić information content (AvgIpc) is 2.37. The fourth-order valence-corrected chi connectivity index (χ4v) is 0.449. The van der Waals surface area contributed by atoms with E-state index in [0.29, 0.717) is 0 Å². The molecule has 9 heavy (non-hydrogen) atoms. The van der Waals surface area contributed by atoms with E-state index in [-0.39, 0.29) is 12.6 Å². The molecule has 4 nitrogen and oxygen atoms in total. The molecule has 0 amide bonds. The van der Waals surface area contributed by atoms with E-state index in [4.69, 9.17) is 0 Å². The van der Waals surface area contributed by atoms with Gasteiger partial charge in [-0.05, 0) is 0 Å². The minimum absolute atomic E-state index is 0.102. The zero-order valence-corrected chi connectivity index (χ0v) is 4.92. The number of esters is 1. The van der Waals surface area contributed by atoms with Gasteiger partial charge in [-0.15, -0.1) is 0 Å². The molecule has 0 saturated carbocycles. The fourth-order valence-electron chi connectivity index (χ4n) is 0.449. The van der Waals surface area contributed by atoms with Crippen LogP contribution in [0.4, 0.5) is 0 Å². The van der Waals surface area contributed by atoms with Crippen molar-refractivity contribution in [3.05, 3.63) is 12.0 Å². The van der Waals surface area contributed by atoms with E-state index in [1.807, 2.05) is 0 Å². The largest absolute Gasteiger partial charge is 0.463 e. The van der Waals surface area contributed by atoms with Crippen LogP contribution in [-0.4, -0.2) is 19.9 Å². The van der Waals surface area contributed by atoms with Crippen LogP contribution in [0.15, 0.2) is 12.0 Å². The van der Waals surface area contributed by atoms with Gasteiger partial charge in [0.2, 0.25) is 12.6 Å². The first kappa shape index (κ1) is 5.94. The van der Waals surface area contributed by atoms with Crippen molar-refractivity contribution < 1.29 is 19.0 Å². The maximum atomic E-state index is 10.5. The average molecular weight is 130 g/mol. The third kappa shape index (κ3) is 1.13. The second-order valence-electron chi connectivity index (χ2n) is 1.40. The highest BCUT2D eigenvalue weighted by atomic mass is 16.7. The van der Waals surface area contributed by atoms with Crippen molar-refractivity contribution in [3.63, 3.8) is 0 Å². The molecule has 0 aromatic carbocycles. The maximum Gasteiger partial charge on any atom is 0.376 e. The molecule has 1 heterocycles. The summed E-state index contributed by atoms with van der Waals surface area (Å²) in [5, 5.41) is 0. The lowest BCUT2D eigenvalue weighted by Crippen LogP contribution is -2.04. The zero-order valence-electron chi connectivity index (χ0n) is 4.92. The minimum Gasteiger partial charge on any atom is -0.463 e. The van der Waals surface area contributed by atoms with Crippen molar-refractivity contribution in [2.24, 2.45) is 0 Å². The van der Waals surface area contributed by atoms with E-state index >= 15 is 0 Å². The first-order chi connectivity index (χ1) is 4.34. The predicted molar refractivity (Wildman–Crippen MR) is 27.1 cm³/mol. The highest BCUT2D eigenvalue weighted by Gasteiger charge is 2.15. The predicted octanol–water partition coefficient (Wildman–Crippen LogP) is 0.00510. The summed E-state index contributed by atoms with van der Waals surface area (Å²) >= 11 is 0. The number of ether oxygens (including phenoxy) is 3. The van der Waals surface area contributed by atoms with E-state index in [1.54, 1.807) is 0 Å². The standard InChI is InChI=1S/C5H6O4/c1-7-5(6)4-2-8-3-9-4/h2H,3H2,1H3. The lowest BCUT2D eigenvalue weighted by Gasteiger charge is -1.95. The van der Waals surface area contributed by atoms with Gasteiger partial charge in [0.1, 0.15) is 6.26 Å². The molecule has 0 spiro atoms. The molecule has 0 unspecified atom stereocenters. The molecule has 0 aliphatic carbocycles. The molecule has 50 valence electrons. The van der Waals surface area contributed by atoms with Crippen LogP contribution in [-0.2, 0) is 19.0 Å². The smallest absolute Gasteiger partial charge is 0.376 e. The SMILES string of the molecule is COC(=O)C1=COCO1. The summed E-state index contributed by atoms with van der Waals surface area (Å²) in [7, 11) is 1.28. The Hall–Kier alpha value is -1.19. The summed E-state index contributed by atoms with van der Waals surface area (Å²) in [5.74, 6) is -0.384. The van der Waals surface area contributed by atoms with Crippen molar-refractivity contribution in [1.82, 2.24) is 0 Å². The second kappa shape index (κ2) is 2.39. The molecule has 0 atom stereocenters. The topological polar surface area (TPSA) is 44.8 Å². The van der Waals surface area contributed by atoms with E-state index < -0.39 is 5.97 Å². The van der Waals surface area contributed by atoms with Crippen molar-refractivity contribution in [2.45, 2.75) is 0 Å². The molecule has 0 bridgehead atoms. The molecule has 0 saturated heterocycles. The Kier molecular flexibility index (Phi) is 1.58. The summed E-state index contributed by atoms with van der Waals surface area (Å²) in [6.07, 6.45) is 1.23. The summed E-state index contributed by atoms with van der Waals surface area (Å²) in [4.78, 5) is 10.5. The van der Waals surface area contributed by atoms with Crippen LogP contribution >= 0.6 is 0 Å². The van der Waals surface area contributed by atoms with Crippen LogP contribution in [0.25, 0.3) is 0 Å². The first-order valence-corrected chi connectivity index (χ1v) is 2.37. The van der Waals surface area contributed by atoms with Gasteiger partial charge < -0.3 is 14.2 Å². The van der Waals surface area contributed by atoms with Crippen LogP contribution in [0.1, 0.15) is 0 Å². The Morgan fingerprint density at radius 3 is 3.11 bits per heavy atom. The van der Waals surface area contributed by atoms with Crippen LogP contribution in [0.3, 0.4) is 0 Å². The number of methoxy groups -OCH3 is 1. The maximum absolute atomic E-state index is 10.5. The molecule has 0 radical (unpaired) electrons. The highest BCUT2D eigenvalue weighted by molar-refractivity contribution is 5.85. The van der Waals surface area contributed by atoms with E-state index in [9.17, 15) is 4.79 Å². The normalized spacial score (nSPS) is 15.4. The zero-order chi connectivity index (χ0) is 6.69. The van der Waals surface area contributed by atoms with Crippen LogP contribution in [0.2, 0.25) is 0 Å². The molecule has 0 aromatic rings. The molecule has 1 aliphatic rings. The van der Waals surface area contributed by atoms with Gasteiger partial charge in [-0.1, -0.05) is 0 Å². The lowest BCUT2D eigenvalue weighted by molar-refractivity contribution is -0.140. The first-order valence-electron chi connectivity index (χ1n) is 2.37. The number of hydrogen-bond acceptors (Lipinski definition) is 4. The number of rotatable bonds is 1. The summed E-state index contributed by atoms with van der Waals surface area (Å²) in [6.45, 7) is 0.102. The monoisotopic (exact) mass is 130 g/mol. The summed E-state index contributed by atoms with van der Waals surface area (Å²) in [6, 6.07) is 0. The fraction of sp³-hybridized carbons (Fsp3) is 0.400.